The summed E-state index contributed by atoms with van der Waals surface area (Å²) in [7, 11) is 0. The maximum atomic E-state index is 8.68. The van der Waals surface area contributed by atoms with Gasteiger partial charge < -0.3 is 15.7 Å². The Hall–Kier alpha value is -2.57. The molecule has 112 valence electrons. The third-order valence-corrected chi connectivity index (χ3v) is 2.84. The molecule has 7 nitrogen and oxygen atoms in total. The Labute approximate surface area is 123 Å². The average Bonchev–Trinajstić information content (AvgIpc) is 2.91. The predicted molar refractivity (Wildman–Crippen MR) is 78.1 cm³/mol. The van der Waals surface area contributed by atoms with Gasteiger partial charge in [0.25, 0.3) is 0 Å². The highest BCUT2D eigenvalue weighted by Crippen LogP contribution is 2.15. The molecule has 1 aromatic heterocycles. The van der Waals surface area contributed by atoms with Crippen molar-refractivity contribution in [1.82, 2.24) is 14.8 Å². The second kappa shape index (κ2) is 6.74. The van der Waals surface area contributed by atoms with Gasteiger partial charge >= 0.3 is 0 Å². The van der Waals surface area contributed by atoms with Gasteiger partial charge in [0.1, 0.15) is 18.7 Å². The van der Waals surface area contributed by atoms with Crippen molar-refractivity contribution in [2.45, 2.75) is 27.0 Å². The highest BCUT2D eigenvalue weighted by Gasteiger charge is 2.08. The SMILES string of the molecule is CC(C)Cn1ncnc1COc1cccc(C(N)=NO)c1. The molecule has 0 radical (unpaired) electrons. The molecule has 0 saturated carbocycles. The smallest absolute Gasteiger partial charge is 0.170 e. The quantitative estimate of drug-likeness (QED) is 0.364. The Balaban J connectivity index is 2.05. The first-order valence-corrected chi connectivity index (χ1v) is 6.67. The summed E-state index contributed by atoms with van der Waals surface area (Å²) in [4.78, 5) is 4.20. The van der Waals surface area contributed by atoms with Gasteiger partial charge in [-0.1, -0.05) is 31.1 Å². The van der Waals surface area contributed by atoms with Crippen molar-refractivity contribution in [3.63, 3.8) is 0 Å². The molecule has 2 aromatic rings. The first kappa shape index (κ1) is 14.8. The van der Waals surface area contributed by atoms with Gasteiger partial charge in [0, 0.05) is 12.1 Å². The Morgan fingerprint density at radius 1 is 1.48 bits per heavy atom. The third kappa shape index (κ3) is 3.95. The van der Waals surface area contributed by atoms with Crippen molar-refractivity contribution in [3.8, 4) is 5.75 Å². The number of benzene rings is 1. The summed E-state index contributed by atoms with van der Waals surface area (Å²) in [6.07, 6.45) is 1.52. The number of hydrogen-bond acceptors (Lipinski definition) is 5. The molecule has 21 heavy (non-hydrogen) atoms. The number of nitrogens with zero attached hydrogens (tertiary/aromatic N) is 4. The minimum atomic E-state index is 0.0448. The van der Waals surface area contributed by atoms with Crippen LogP contribution in [0.2, 0.25) is 0 Å². The summed E-state index contributed by atoms with van der Waals surface area (Å²) in [5, 5.41) is 15.8. The van der Waals surface area contributed by atoms with Crippen LogP contribution in [0.4, 0.5) is 0 Å². The Morgan fingerprint density at radius 2 is 2.29 bits per heavy atom. The van der Waals surface area contributed by atoms with Crippen molar-refractivity contribution in [2.24, 2.45) is 16.8 Å². The lowest BCUT2D eigenvalue weighted by Gasteiger charge is -2.10. The maximum Gasteiger partial charge on any atom is 0.170 e. The van der Waals surface area contributed by atoms with Gasteiger partial charge in [0.15, 0.2) is 11.7 Å². The van der Waals surface area contributed by atoms with Crippen LogP contribution in [0.5, 0.6) is 5.75 Å². The zero-order valence-corrected chi connectivity index (χ0v) is 12.1. The lowest BCUT2D eigenvalue weighted by atomic mass is 10.2. The average molecular weight is 289 g/mol. The molecule has 2 rings (SSSR count). The number of oxime groups is 1. The highest BCUT2D eigenvalue weighted by atomic mass is 16.5. The van der Waals surface area contributed by atoms with Crippen LogP contribution in [0.25, 0.3) is 0 Å². The summed E-state index contributed by atoms with van der Waals surface area (Å²) >= 11 is 0. The third-order valence-electron chi connectivity index (χ3n) is 2.84. The predicted octanol–water partition coefficient (Wildman–Crippen LogP) is 1.61. The molecule has 0 atom stereocenters. The number of amidine groups is 1. The molecule has 7 heteroatoms. The summed E-state index contributed by atoms with van der Waals surface area (Å²) in [5.41, 5.74) is 6.15. The second-order valence-electron chi connectivity index (χ2n) is 5.05. The normalized spacial score (nSPS) is 11.9. The lowest BCUT2D eigenvalue weighted by Crippen LogP contribution is -2.14. The minimum absolute atomic E-state index is 0.0448. The maximum absolute atomic E-state index is 8.68. The van der Waals surface area contributed by atoms with E-state index in [2.05, 4.69) is 29.1 Å². The molecule has 0 spiro atoms. The van der Waals surface area contributed by atoms with Gasteiger partial charge in [-0.2, -0.15) is 5.10 Å². The van der Waals surface area contributed by atoms with Crippen molar-refractivity contribution >= 4 is 5.84 Å². The molecule has 0 unspecified atom stereocenters. The first-order chi connectivity index (χ1) is 10.1. The van der Waals surface area contributed by atoms with Crippen LogP contribution >= 0.6 is 0 Å². The molecule has 0 amide bonds. The fourth-order valence-corrected chi connectivity index (χ4v) is 1.85. The zero-order valence-electron chi connectivity index (χ0n) is 12.1. The number of rotatable bonds is 6. The summed E-state index contributed by atoms with van der Waals surface area (Å²) in [6.45, 7) is 5.34. The van der Waals surface area contributed by atoms with Crippen LogP contribution in [-0.4, -0.2) is 25.8 Å². The van der Waals surface area contributed by atoms with E-state index in [4.69, 9.17) is 15.7 Å². The summed E-state index contributed by atoms with van der Waals surface area (Å²) < 4.78 is 7.52. The molecule has 1 aromatic carbocycles. The number of hydrogen-bond donors (Lipinski definition) is 2. The van der Waals surface area contributed by atoms with E-state index >= 15 is 0 Å². The van der Waals surface area contributed by atoms with Gasteiger partial charge in [0.2, 0.25) is 0 Å². The molecule has 1 heterocycles. The van der Waals surface area contributed by atoms with Crippen molar-refractivity contribution in [3.05, 3.63) is 42.0 Å². The van der Waals surface area contributed by atoms with Crippen molar-refractivity contribution in [2.75, 3.05) is 0 Å². The van der Waals surface area contributed by atoms with Crippen LogP contribution in [0, 0.1) is 5.92 Å². The van der Waals surface area contributed by atoms with E-state index in [9.17, 15) is 0 Å². The van der Waals surface area contributed by atoms with Gasteiger partial charge in [-0.25, -0.2) is 9.67 Å². The number of nitrogens with two attached hydrogens (primary N) is 1. The molecule has 0 saturated heterocycles. The fourth-order valence-electron chi connectivity index (χ4n) is 1.85. The van der Waals surface area contributed by atoms with E-state index in [1.54, 1.807) is 24.3 Å². The topological polar surface area (TPSA) is 98.5 Å². The van der Waals surface area contributed by atoms with Crippen LogP contribution in [0.15, 0.2) is 35.7 Å². The van der Waals surface area contributed by atoms with E-state index in [0.717, 1.165) is 12.4 Å². The van der Waals surface area contributed by atoms with Crippen LogP contribution in [0.1, 0.15) is 25.2 Å². The Morgan fingerprint density at radius 3 is 3.00 bits per heavy atom. The molecular weight excluding hydrogens is 270 g/mol. The van der Waals surface area contributed by atoms with Crippen molar-refractivity contribution < 1.29 is 9.94 Å². The summed E-state index contributed by atoms with van der Waals surface area (Å²) in [6, 6.07) is 7.03. The lowest BCUT2D eigenvalue weighted by molar-refractivity contribution is 0.282. The largest absolute Gasteiger partial charge is 0.486 e. The first-order valence-electron chi connectivity index (χ1n) is 6.67. The monoisotopic (exact) mass is 289 g/mol. The standard InChI is InChI=1S/C14H19N5O2/c1-10(2)7-19-13(16-9-17-19)8-21-12-5-3-4-11(6-12)14(15)18-20/h3-6,9-10,20H,7-8H2,1-2H3,(H2,15,18). The Kier molecular flexibility index (Phi) is 4.76. The molecule has 0 aliphatic heterocycles. The zero-order chi connectivity index (χ0) is 15.2. The van der Waals surface area contributed by atoms with E-state index < -0.39 is 0 Å². The molecule has 0 bridgehead atoms. The Bertz CT molecular complexity index is 621. The number of ether oxygens (including phenoxy) is 1. The van der Waals surface area contributed by atoms with Gasteiger partial charge in [-0.3, -0.25) is 0 Å². The minimum Gasteiger partial charge on any atom is -0.486 e. The molecule has 0 fully saturated rings. The van der Waals surface area contributed by atoms with Gasteiger partial charge in [0.05, 0.1) is 0 Å². The molecule has 0 aliphatic carbocycles. The van der Waals surface area contributed by atoms with Crippen LogP contribution in [-0.2, 0) is 13.2 Å². The fraction of sp³-hybridized carbons (Fsp3) is 0.357. The molecular formula is C14H19N5O2. The van der Waals surface area contributed by atoms with Crippen LogP contribution in [0.3, 0.4) is 0 Å². The van der Waals surface area contributed by atoms with Crippen LogP contribution < -0.4 is 10.5 Å². The summed E-state index contributed by atoms with van der Waals surface area (Å²) in [5.74, 6) is 1.91. The second-order valence-corrected chi connectivity index (χ2v) is 5.05. The van der Waals surface area contributed by atoms with Gasteiger partial charge in [-0.15, -0.1) is 0 Å². The van der Waals surface area contributed by atoms with E-state index in [1.807, 2.05) is 4.68 Å². The number of aromatic nitrogens is 3. The van der Waals surface area contributed by atoms with E-state index in [1.165, 1.54) is 6.33 Å². The van der Waals surface area contributed by atoms with E-state index in [-0.39, 0.29) is 5.84 Å². The van der Waals surface area contributed by atoms with E-state index in [0.29, 0.717) is 23.8 Å². The van der Waals surface area contributed by atoms with Crippen molar-refractivity contribution in [1.29, 1.82) is 0 Å². The molecule has 0 aliphatic rings. The highest BCUT2D eigenvalue weighted by molar-refractivity contribution is 5.97. The van der Waals surface area contributed by atoms with Gasteiger partial charge in [-0.05, 0) is 18.1 Å². The molecule has 3 N–H and O–H groups in total.